The fourth-order valence-corrected chi connectivity index (χ4v) is 2.95. The van der Waals surface area contributed by atoms with E-state index in [1.807, 2.05) is 30.3 Å². The average molecular weight is 347 g/mol. The number of anilines is 1. The molecule has 2 atom stereocenters. The third kappa shape index (κ3) is 4.15. The van der Waals surface area contributed by atoms with Gasteiger partial charge < -0.3 is 15.8 Å². The van der Waals surface area contributed by atoms with Crippen molar-refractivity contribution in [2.45, 2.75) is 31.5 Å². The first-order chi connectivity index (χ1) is 12.8. The van der Waals surface area contributed by atoms with Crippen molar-refractivity contribution >= 4 is 5.82 Å². The summed E-state index contributed by atoms with van der Waals surface area (Å²) in [5.41, 5.74) is 7.99. The van der Waals surface area contributed by atoms with Crippen molar-refractivity contribution < 1.29 is 4.74 Å². The fraction of sp³-hybridized carbons (Fsp3) is 0.250. The molecule has 0 saturated heterocycles. The van der Waals surface area contributed by atoms with E-state index in [1.54, 1.807) is 0 Å². The van der Waals surface area contributed by atoms with E-state index in [0.29, 0.717) is 36.8 Å². The molecule has 1 saturated carbocycles. The number of aromatic nitrogens is 3. The summed E-state index contributed by atoms with van der Waals surface area (Å²) in [6, 6.07) is 19.0. The van der Waals surface area contributed by atoms with E-state index in [4.69, 9.17) is 10.5 Å². The lowest BCUT2D eigenvalue weighted by Gasteiger charge is -2.08. The number of benzene rings is 2. The van der Waals surface area contributed by atoms with Gasteiger partial charge in [-0.1, -0.05) is 42.5 Å². The van der Waals surface area contributed by atoms with Gasteiger partial charge in [0.05, 0.1) is 12.7 Å². The van der Waals surface area contributed by atoms with Crippen molar-refractivity contribution in [2.24, 2.45) is 0 Å². The lowest BCUT2D eigenvalue weighted by Crippen LogP contribution is -2.19. The van der Waals surface area contributed by atoms with Crippen LogP contribution in [0.5, 0.6) is 5.75 Å². The Labute approximate surface area is 152 Å². The molecule has 6 heteroatoms. The first-order valence-electron chi connectivity index (χ1n) is 8.72. The number of nitrogens with two attached hydrogens (primary N) is 1. The molecule has 26 heavy (non-hydrogen) atoms. The molecular weight excluding hydrogens is 326 g/mol. The highest BCUT2D eigenvalue weighted by atomic mass is 16.5. The molecule has 2 aromatic carbocycles. The highest BCUT2D eigenvalue weighted by Crippen LogP contribution is 2.41. The van der Waals surface area contributed by atoms with Crippen LogP contribution < -0.4 is 15.8 Å². The van der Waals surface area contributed by atoms with Gasteiger partial charge >= 0.3 is 0 Å². The Bertz CT molecular complexity index is 836. The van der Waals surface area contributed by atoms with Crippen molar-refractivity contribution in [1.29, 1.82) is 0 Å². The second-order valence-corrected chi connectivity index (χ2v) is 6.47. The van der Waals surface area contributed by atoms with E-state index in [2.05, 4.69) is 44.8 Å². The van der Waals surface area contributed by atoms with Crippen LogP contribution in [0.15, 0.2) is 60.8 Å². The van der Waals surface area contributed by atoms with Crippen LogP contribution in [-0.2, 0) is 13.2 Å². The van der Waals surface area contributed by atoms with Crippen molar-refractivity contribution in [1.82, 2.24) is 20.5 Å². The van der Waals surface area contributed by atoms with E-state index in [1.165, 1.54) is 17.3 Å². The predicted molar refractivity (Wildman–Crippen MR) is 99.4 cm³/mol. The summed E-state index contributed by atoms with van der Waals surface area (Å²) in [5, 5.41) is 11.2. The number of nitrogens with one attached hydrogen (secondary N) is 1. The molecule has 1 aliphatic carbocycles. The van der Waals surface area contributed by atoms with Crippen LogP contribution in [0.25, 0.3) is 0 Å². The molecular formula is C20H21N5O. The zero-order valence-corrected chi connectivity index (χ0v) is 14.4. The van der Waals surface area contributed by atoms with Gasteiger partial charge in [0.15, 0.2) is 11.6 Å². The van der Waals surface area contributed by atoms with Crippen LogP contribution in [0.4, 0.5) is 5.82 Å². The molecule has 1 heterocycles. The third-order valence-corrected chi connectivity index (χ3v) is 4.50. The average Bonchev–Trinajstić information content (AvgIpc) is 3.47. The van der Waals surface area contributed by atoms with Gasteiger partial charge in [-0.3, -0.25) is 0 Å². The normalized spacial score (nSPS) is 18.5. The van der Waals surface area contributed by atoms with E-state index >= 15 is 0 Å². The number of nitrogens with zero attached hydrogens (tertiary/aromatic N) is 3. The molecule has 0 unspecified atom stereocenters. The smallest absolute Gasteiger partial charge is 0.164 e. The topological polar surface area (TPSA) is 86.0 Å². The Morgan fingerprint density at radius 2 is 1.85 bits per heavy atom. The molecule has 1 aliphatic rings. The second-order valence-electron chi connectivity index (χ2n) is 6.47. The summed E-state index contributed by atoms with van der Waals surface area (Å²) in [6.45, 7) is 1.19. The first kappa shape index (κ1) is 16.5. The first-order valence-corrected chi connectivity index (χ1v) is 8.72. The molecule has 3 N–H and O–H groups in total. The Hall–Kier alpha value is -2.99. The Morgan fingerprint density at radius 3 is 2.58 bits per heavy atom. The van der Waals surface area contributed by atoms with E-state index < -0.39 is 0 Å². The molecule has 4 rings (SSSR count). The second kappa shape index (κ2) is 7.49. The van der Waals surface area contributed by atoms with Crippen LogP contribution in [0.2, 0.25) is 0 Å². The molecule has 6 nitrogen and oxygen atoms in total. The van der Waals surface area contributed by atoms with Gasteiger partial charge in [0.1, 0.15) is 12.4 Å². The molecule has 0 radical (unpaired) electrons. The maximum atomic E-state index is 5.84. The van der Waals surface area contributed by atoms with Gasteiger partial charge in [-0.05, 0) is 29.7 Å². The highest BCUT2D eigenvalue weighted by molar-refractivity contribution is 5.34. The minimum atomic E-state index is 0.340. The molecule has 132 valence electrons. The number of hydrogen-bond acceptors (Lipinski definition) is 6. The zero-order chi connectivity index (χ0) is 17.8. The maximum absolute atomic E-state index is 5.84. The van der Waals surface area contributed by atoms with Gasteiger partial charge in [-0.25, -0.2) is 4.98 Å². The molecule has 3 aromatic rings. The quantitative estimate of drug-likeness (QED) is 0.683. The molecule has 0 bridgehead atoms. The third-order valence-electron chi connectivity index (χ3n) is 4.50. The van der Waals surface area contributed by atoms with Gasteiger partial charge in [0.2, 0.25) is 0 Å². The minimum Gasteiger partial charge on any atom is -0.489 e. The monoisotopic (exact) mass is 347 g/mol. The number of ether oxygens (including phenoxy) is 1. The van der Waals surface area contributed by atoms with Crippen LogP contribution in [0, 0.1) is 0 Å². The molecule has 0 aliphatic heterocycles. The SMILES string of the molecule is Nc1cnc(CN[C@H]2C[C@@H]2c2ccc(OCc3ccccc3)cc2)nn1. The van der Waals surface area contributed by atoms with Crippen LogP contribution in [0.3, 0.4) is 0 Å². The van der Waals surface area contributed by atoms with Crippen molar-refractivity contribution in [2.75, 3.05) is 5.73 Å². The van der Waals surface area contributed by atoms with Gasteiger partial charge in [-0.2, -0.15) is 0 Å². The molecule has 0 spiro atoms. The highest BCUT2D eigenvalue weighted by Gasteiger charge is 2.37. The fourth-order valence-electron chi connectivity index (χ4n) is 2.95. The van der Waals surface area contributed by atoms with E-state index in [0.717, 1.165) is 12.2 Å². The number of hydrogen-bond donors (Lipinski definition) is 2. The van der Waals surface area contributed by atoms with E-state index in [-0.39, 0.29) is 0 Å². The summed E-state index contributed by atoms with van der Waals surface area (Å²) >= 11 is 0. The van der Waals surface area contributed by atoms with E-state index in [9.17, 15) is 0 Å². The van der Waals surface area contributed by atoms with Crippen molar-refractivity contribution in [3.8, 4) is 5.75 Å². The lowest BCUT2D eigenvalue weighted by molar-refractivity contribution is 0.306. The summed E-state index contributed by atoms with van der Waals surface area (Å²) in [5.74, 6) is 2.42. The standard InChI is InChI=1S/C20H21N5O/c21-19-11-23-20(25-24-19)12-22-18-10-17(18)15-6-8-16(9-7-15)26-13-14-4-2-1-3-5-14/h1-9,11,17-18,22H,10,12-13H2,(H2,21,24)/t17-,18+/m1/s1. The number of rotatable bonds is 7. The molecule has 0 amide bonds. The Kier molecular flexibility index (Phi) is 4.75. The van der Waals surface area contributed by atoms with Crippen LogP contribution in [-0.4, -0.2) is 21.2 Å². The summed E-state index contributed by atoms with van der Waals surface area (Å²) in [4.78, 5) is 4.16. The van der Waals surface area contributed by atoms with Crippen LogP contribution >= 0.6 is 0 Å². The van der Waals surface area contributed by atoms with Gasteiger partial charge in [0, 0.05) is 12.0 Å². The zero-order valence-electron chi connectivity index (χ0n) is 14.4. The predicted octanol–water partition coefficient (Wildman–Crippen LogP) is 2.68. The van der Waals surface area contributed by atoms with Crippen molar-refractivity contribution in [3.63, 3.8) is 0 Å². The van der Waals surface area contributed by atoms with Gasteiger partial charge in [0.25, 0.3) is 0 Å². The summed E-state index contributed by atoms with van der Waals surface area (Å²) in [6.07, 6.45) is 2.65. The van der Waals surface area contributed by atoms with Gasteiger partial charge in [-0.15, -0.1) is 10.2 Å². The number of nitrogen functional groups attached to an aromatic ring is 1. The largest absolute Gasteiger partial charge is 0.489 e. The minimum absolute atomic E-state index is 0.340. The Morgan fingerprint density at radius 1 is 1.04 bits per heavy atom. The Balaban J connectivity index is 1.26. The maximum Gasteiger partial charge on any atom is 0.164 e. The molecule has 1 aromatic heterocycles. The lowest BCUT2D eigenvalue weighted by atomic mass is 10.1. The summed E-state index contributed by atoms with van der Waals surface area (Å²) < 4.78 is 5.84. The van der Waals surface area contributed by atoms with Crippen molar-refractivity contribution in [3.05, 3.63) is 77.7 Å². The van der Waals surface area contributed by atoms with Crippen LogP contribution in [0.1, 0.15) is 29.3 Å². The molecule has 1 fully saturated rings. The summed E-state index contributed by atoms with van der Waals surface area (Å²) in [7, 11) is 0.